The predicted molar refractivity (Wildman–Crippen MR) is 63.4 cm³/mol. The van der Waals surface area contributed by atoms with Gasteiger partial charge in [-0.1, -0.05) is 23.8 Å². The molecule has 0 amide bonds. The van der Waals surface area contributed by atoms with Gasteiger partial charge in [-0.25, -0.2) is 8.42 Å². The van der Waals surface area contributed by atoms with E-state index in [0.717, 1.165) is 0 Å². The van der Waals surface area contributed by atoms with Crippen LogP contribution in [0.25, 0.3) is 0 Å². The van der Waals surface area contributed by atoms with E-state index in [4.69, 9.17) is 23.2 Å². The highest BCUT2D eigenvalue weighted by atomic mass is 35.5. The SMILES string of the molecule is O=S(=O)(C/C=C/CCl)c1ccc(Cl)cc1. The molecule has 0 N–H and O–H groups in total. The van der Waals surface area contributed by atoms with Crippen molar-refractivity contribution in [3.05, 3.63) is 41.4 Å². The smallest absolute Gasteiger partial charge is 0.181 e. The van der Waals surface area contributed by atoms with Gasteiger partial charge in [-0.15, -0.1) is 11.6 Å². The van der Waals surface area contributed by atoms with E-state index in [1.807, 2.05) is 0 Å². The fraction of sp³-hybridized carbons (Fsp3) is 0.200. The van der Waals surface area contributed by atoms with Crippen molar-refractivity contribution < 1.29 is 8.42 Å². The molecule has 1 aromatic carbocycles. The lowest BCUT2D eigenvalue weighted by molar-refractivity contribution is 0.599. The van der Waals surface area contributed by atoms with Crippen LogP contribution < -0.4 is 0 Å². The first kappa shape index (κ1) is 12.6. The Morgan fingerprint density at radius 2 is 1.73 bits per heavy atom. The third-order valence-electron chi connectivity index (χ3n) is 1.74. The van der Waals surface area contributed by atoms with Gasteiger partial charge < -0.3 is 0 Å². The lowest BCUT2D eigenvalue weighted by Crippen LogP contribution is -2.04. The van der Waals surface area contributed by atoms with E-state index in [-0.39, 0.29) is 10.6 Å². The van der Waals surface area contributed by atoms with E-state index in [1.54, 1.807) is 18.2 Å². The second-order valence-corrected chi connectivity index (χ2v) is 5.64. The molecule has 2 nitrogen and oxygen atoms in total. The van der Waals surface area contributed by atoms with Crippen molar-refractivity contribution in [1.29, 1.82) is 0 Å². The minimum Gasteiger partial charge on any atom is -0.223 e. The van der Waals surface area contributed by atoms with Crippen LogP contribution in [-0.2, 0) is 9.84 Å². The van der Waals surface area contributed by atoms with Gasteiger partial charge in [-0.05, 0) is 24.3 Å². The van der Waals surface area contributed by atoms with E-state index >= 15 is 0 Å². The topological polar surface area (TPSA) is 34.1 Å². The van der Waals surface area contributed by atoms with Crippen molar-refractivity contribution in [2.75, 3.05) is 11.6 Å². The van der Waals surface area contributed by atoms with Crippen LogP contribution in [0.5, 0.6) is 0 Å². The van der Waals surface area contributed by atoms with E-state index in [2.05, 4.69) is 0 Å². The Balaban J connectivity index is 2.87. The lowest BCUT2D eigenvalue weighted by Gasteiger charge is -2.00. The second-order valence-electron chi connectivity index (χ2n) is 2.86. The van der Waals surface area contributed by atoms with Crippen LogP contribution in [0.15, 0.2) is 41.3 Å². The van der Waals surface area contributed by atoms with Crippen LogP contribution in [0, 0.1) is 0 Å². The van der Waals surface area contributed by atoms with E-state index in [1.165, 1.54) is 18.2 Å². The van der Waals surface area contributed by atoms with Gasteiger partial charge in [0.25, 0.3) is 0 Å². The summed E-state index contributed by atoms with van der Waals surface area (Å²) < 4.78 is 23.4. The molecule has 15 heavy (non-hydrogen) atoms. The van der Waals surface area contributed by atoms with Crippen LogP contribution in [-0.4, -0.2) is 20.1 Å². The number of rotatable bonds is 4. The molecule has 0 saturated carbocycles. The molecule has 0 radical (unpaired) electrons. The summed E-state index contributed by atoms with van der Waals surface area (Å²) in [6.45, 7) is 0. The fourth-order valence-electron chi connectivity index (χ4n) is 0.996. The molecule has 0 fully saturated rings. The summed E-state index contributed by atoms with van der Waals surface area (Å²) in [5.41, 5.74) is 0. The van der Waals surface area contributed by atoms with Gasteiger partial charge in [0.15, 0.2) is 9.84 Å². The first-order valence-corrected chi connectivity index (χ1v) is 6.82. The molecule has 5 heteroatoms. The zero-order valence-electron chi connectivity index (χ0n) is 7.86. The molecule has 0 aromatic heterocycles. The van der Waals surface area contributed by atoms with Crippen LogP contribution in [0.1, 0.15) is 0 Å². The molecule has 0 heterocycles. The van der Waals surface area contributed by atoms with Gasteiger partial charge in [0.2, 0.25) is 0 Å². The van der Waals surface area contributed by atoms with E-state index in [9.17, 15) is 8.42 Å². The van der Waals surface area contributed by atoms with E-state index in [0.29, 0.717) is 10.9 Å². The Bertz CT molecular complexity index is 435. The maximum atomic E-state index is 11.7. The fourth-order valence-corrected chi connectivity index (χ4v) is 2.38. The maximum absolute atomic E-state index is 11.7. The molecule has 0 atom stereocenters. The summed E-state index contributed by atoms with van der Waals surface area (Å²) in [7, 11) is -3.25. The molecule has 0 spiro atoms. The van der Waals surface area contributed by atoms with Crippen LogP contribution in [0.3, 0.4) is 0 Å². The quantitative estimate of drug-likeness (QED) is 0.619. The number of hydrogen-bond acceptors (Lipinski definition) is 2. The van der Waals surface area contributed by atoms with Gasteiger partial charge >= 0.3 is 0 Å². The Labute approximate surface area is 99.4 Å². The summed E-state index contributed by atoms with van der Waals surface area (Å²) >= 11 is 11.1. The molecule has 0 aliphatic rings. The molecular formula is C10H10Cl2O2S. The summed E-state index contributed by atoms with van der Waals surface area (Å²) in [6.07, 6.45) is 3.14. The highest BCUT2D eigenvalue weighted by Gasteiger charge is 2.11. The van der Waals surface area contributed by atoms with Crippen LogP contribution in [0.4, 0.5) is 0 Å². The molecule has 1 rings (SSSR count). The Morgan fingerprint density at radius 3 is 2.27 bits per heavy atom. The zero-order valence-corrected chi connectivity index (χ0v) is 10.2. The average molecular weight is 265 g/mol. The summed E-state index contributed by atoms with van der Waals surface area (Å²) in [6, 6.07) is 6.10. The maximum Gasteiger partial charge on any atom is 0.181 e. The lowest BCUT2D eigenvalue weighted by atomic mass is 10.4. The first-order valence-electron chi connectivity index (χ1n) is 4.25. The molecule has 0 saturated heterocycles. The average Bonchev–Trinajstić information content (AvgIpc) is 2.18. The zero-order chi connectivity index (χ0) is 11.3. The summed E-state index contributed by atoms with van der Waals surface area (Å²) in [5.74, 6) is 0.275. The number of sulfone groups is 1. The van der Waals surface area contributed by atoms with Crippen LogP contribution in [0.2, 0.25) is 5.02 Å². The van der Waals surface area contributed by atoms with Gasteiger partial charge in [0.1, 0.15) is 0 Å². The summed E-state index contributed by atoms with van der Waals surface area (Å²) in [4.78, 5) is 0.270. The standard InChI is InChI=1S/C10H10Cl2O2S/c11-7-1-2-8-15(13,14)10-5-3-9(12)4-6-10/h1-6H,7-8H2/b2-1+. The third-order valence-corrected chi connectivity index (χ3v) is 3.80. The predicted octanol–water partition coefficient (Wildman–Crippen LogP) is 2.91. The molecular weight excluding hydrogens is 255 g/mol. The monoisotopic (exact) mass is 264 g/mol. The minimum atomic E-state index is -3.25. The third kappa shape index (κ3) is 3.86. The number of hydrogen-bond donors (Lipinski definition) is 0. The van der Waals surface area contributed by atoms with Gasteiger partial charge in [-0.2, -0.15) is 0 Å². The molecule has 82 valence electrons. The van der Waals surface area contributed by atoms with Gasteiger partial charge in [0.05, 0.1) is 10.6 Å². The number of benzene rings is 1. The van der Waals surface area contributed by atoms with Crippen molar-refractivity contribution in [2.45, 2.75) is 4.90 Å². The Kier molecular flexibility index (Phi) is 4.64. The van der Waals surface area contributed by atoms with Crippen molar-refractivity contribution in [3.8, 4) is 0 Å². The largest absolute Gasteiger partial charge is 0.223 e. The normalized spacial score (nSPS) is 12.1. The molecule has 0 bridgehead atoms. The van der Waals surface area contributed by atoms with Crippen molar-refractivity contribution in [3.63, 3.8) is 0 Å². The molecule has 1 aromatic rings. The molecule has 0 unspecified atom stereocenters. The Morgan fingerprint density at radius 1 is 1.13 bits per heavy atom. The molecule has 0 aliphatic heterocycles. The van der Waals surface area contributed by atoms with Crippen LogP contribution >= 0.6 is 23.2 Å². The van der Waals surface area contributed by atoms with Gasteiger partial charge in [-0.3, -0.25) is 0 Å². The number of allylic oxidation sites excluding steroid dienone is 1. The van der Waals surface area contributed by atoms with E-state index < -0.39 is 9.84 Å². The van der Waals surface area contributed by atoms with Crippen molar-refractivity contribution in [2.24, 2.45) is 0 Å². The summed E-state index contributed by atoms with van der Waals surface area (Å²) in [5, 5.41) is 0.519. The second kappa shape index (κ2) is 5.54. The molecule has 0 aliphatic carbocycles. The van der Waals surface area contributed by atoms with Gasteiger partial charge in [0, 0.05) is 10.9 Å². The van der Waals surface area contributed by atoms with Crippen molar-refractivity contribution in [1.82, 2.24) is 0 Å². The van der Waals surface area contributed by atoms with Crippen molar-refractivity contribution >= 4 is 33.0 Å². The highest BCUT2D eigenvalue weighted by molar-refractivity contribution is 7.91. The number of halogens is 2. The Hall–Kier alpha value is -0.510. The minimum absolute atomic E-state index is 0.0403. The highest BCUT2D eigenvalue weighted by Crippen LogP contribution is 2.15. The first-order chi connectivity index (χ1) is 7.06. The number of alkyl halides is 1.